The van der Waals surface area contributed by atoms with E-state index in [1.807, 2.05) is 47.0 Å². The standard InChI is InChI=1S/C20H15Br2N3OS/c1-2-9-25-19(18-11-14-10-16(22)7-8-17(14)26-18)23-24-20(25)27-12-13-3-5-15(21)6-4-13/h2-8,10-11H,1,9,12H2. The first-order valence-corrected chi connectivity index (χ1v) is 10.8. The monoisotopic (exact) mass is 503 g/mol. The van der Waals surface area contributed by atoms with Crippen molar-refractivity contribution in [2.24, 2.45) is 0 Å². The highest BCUT2D eigenvalue weighted by Crippen LogP contribution is 2.31. The molecule has 0 aliphatic heterocycles. The van der Waals surface area contributed by atoms with E-state index in [1.54, 1.807) is 11.8 Å². The van der Waals surface area contributed by atoms with Crippen LogP contribution in [0.1, 0.15) is 5.56 Å². The van der Waals surface area contributed by atoms with Gasteiger partial charge in [-0.15, -0.1) is 16.8 Å². The van der Waals surface area contributed by atoms with Crippen LogP contribution in [0.25, 0.3) is 22.6 Å². The number of fused-ring (bicyclic) bond motifs is 1. The summed E-state index contributed by atoms with van der Waals surface area (Å²) in [5.74, 6) is 2.23. The maximum Gasteiger partial charge on any atom is 0.200 e. The number of nitrogens with zero attached hydrogens (tertiary/aromatic N) is 3. The first-order valence-electron chi connectivity index (χ1n) is 8.25. The molecule has 0 radical (unpaired) electrons. The van der Waals surface area contributed by atoms with Gasteiger partial charge >= 0.3 is 0 Å². The Morgan fingerprint density at radius 1 is 1.04 bits per heavy atom. The van der Waals surface area contributed by atoms with Crippen LogP contribution in [0.15, 0.2) is 79.7 Å². The lowest BCUT2D eigenvalue weighted by molar-refractivity contribution is 0.613. The Hall–Kier alpha value is -1.83. The van der Waals surface area contributed by atoms with Crippen LogP contribution in [0.4, 0.5) is 0 Å². The Kier molecular flexibility index (Phi) is 5.52. The molecule has 136 valence electrons. The second-order valence-corrected chi connectivity index (χ2v) is 8.69. The lowest BCUT2D eigenvalue weighted by Crippen LogP contribution is -2.00. The second kappa shape index (κ2) is 8.04. The summed E-state index contributed by atoms with van der Waals surface area (Å²) in [4.78, 5) is 0. The fourth-order valence-electron chi connectivity index (χ4n) is 2.72. The number of halogens is 2. The van der Waals surface area contributed by atoms with Crippen molar-refractivity contribution in [3.8, 4) is 11.6 Å². The zero-order chi connectivity index (χ0) is 18.8. The first kappa shape index (κ1) is 18.5. The van der Waals surface area contributed by atoms with Crippen LogP contribution in [-0.2, 0) is 12.3 Å². The largest absolute Gasteiger partial charge is 0.453 e. The minimum Gasteiger partial charge on any atom is -0.453 e. The van der Waals surface area contributed by atoms with Crippen LogP contribution in [0.3, 0.4) is 0 Å². The lowest BCUT2D eigenvalue weighted by atomic mass is 10.2. The van der Waals surface area contributed by atoms with Crippen molar-refractivity contribution in [1.29, 1.82) is 0 Å². The van der Waals surface area contributed by atoms with Gasteiger partial charge in [-0.2, -0.15) is 0 Å². The van der Waals surface area contributed by atoms with Crippen LogP contribution in [0.5, 0.6) is 0 Å². The first-order chi connectivity index (χ1) is 13.1. The van der Waals surface area contributed by atoms with E-state index in [0.717, 1.165) is 30.8 Å². The van der Waals surface area contributed by atoms with Gasteiger partial charge in [-0.3, -0.25) is 4.57 Å². The van der Waals surface area contributed by atoms with E-state index in [9.17, 15) is 0 Å². The molecule has 0 spiro atoms. The van der Waals surface area contributed by atoms with Crippen molar-refractivity contribution >= 4 is 54.6 Å². The number of rotatable bonds is 6. The number of hydrogen-bond donors (Lipinski definition) is 0. The van der Waals surface area contributed by atoms with E-state index < -0.39 is 0 Å². The van der Waals surface area contributed by atoms with Crippen LogP contribution in [-0.4, -0.2) is 14.8 Å². The predicted molar refractivity (Wildman–Crippen MR) is 117 cm³/mol. The topological polar surface area (TPSA) is 43.9 Å². The molecule has 0 saturated carbocycles. The number of aromatic nitrogens is 3. The molecule has 0 saturated heterocycles. The van der Waals surface area contributed by atoms with Crippen molar-refractivity contribution in [1.82, 2.24) is 14.8 Å². The molecule has 4 aromatic rings. The molecule has 4 rings (SSSR count). The van der Waals surface area contributed by atoms with Crippen LogP contribution >= 0.6 is 43.6 Å². The summed E-state index contributed by atoms with van der Waals surface area (Å²) in [6.45, 7) is 4.48. The molecule has 27 heavy (non-hydrogen) atoms. The number of furan rings is 1. The third-order valence-electron chi connectivity index (χ3n) is 4.01. The number of allylic oxidation sites excluding steroid dienone is 1. The Morgan fingerprint density at radius 2 is 1.81 bits per heavy atom. The Labute approximate surface area is 177 Å². The summed E-state index contributed by atoms with van der Waals surface area (Å²) in [7, 11) is 0. The van der Waals surface area contributed by atoms with Crippen molar-refractivity contribution in [3.05, 3.63) is 75.7 Å². The van der Waals surface area contributed by atoms with Gasteiger partial charge in [0.15, 0.2) is 10.9 Å². The quantitative estimate of drug-likeness (QED) is 0.216. The summed E-state index contributed by atoms with van der Waals surface area (Å²) < 4.78 is 10.1. The molecular formula is C20H15Br2N3OS. The minimum absolute atomic E-state index is 0.617. The molecule has 2 aromatic heterocycles. The minimum atomic E-state index is 0.617. The fourth-order valence-corrected chi connectivity index (χ4v) is 4.27. The number of thioether (sulfide) groups is 1. The number of benzene rings is 2. The molecule has 0 fully saturated rings. The number of hydrogen-bond acceptors (Lipinski definition) is 4. The van der Waals surface area contributed by atoms with Crippen LogP contribution in [0.2, 0.25) is 0 Å². The van der Waals surface area contributed by atoms with E-state index in [0.29, 0.717) is 18.1 Å². The highest BCUT2D eigenvalue weighted by atomic mass is 79.9. The normalized spacial score (nSPS) is 11.2. The summed E-state index contributed by atoms with van der Waals surface area (Å²) >= 11 is 8.61. The van der Waals surface area contributed by atoms with Gasteiger partial charge in [0.2, 0.25) is 5.82 Å². The van der Waals surface area contributed by atoms with Gasteiger partial charge in [-0.25, -0.2) is 0 Å². The molecule has 7 heteroatoms. The van der Waals surface area contributed by atoms with Gasteiger partial charge in [-0.05, 0) is 42.0 Å². The molecule has 0 atom stereocenters. The summed E-state index contributed by atoms with van der Waals surface area (Å²) in [5, 5.41) is 10.6. The Morgan fingerprint density at radius 3 is 2.59 bits per heavy atom. The summed E-state index contributed by atoms with van der Waals surface area (Å²) in [6.07, 6.45) is 1.84. The Balaban J connectivity index is 1.64. The lowest BCUT2D eigenvalue weighted by Gasteiger charge is -2.06. The molecular weight excluding hydrogens is 490 g/mol. The fraction of sp³-hybridized carbons (Fsp3) is 0.100. The molecule has 0 bridgehead atoms. The van der Waals surface area contributed by atoms with Gasteiger partial charge < -0.3 is 4.42 Å². The van der Waals surface area contributed by atoms with Gasteiger partial charge in [0, 0.05) is 26.6 Å². The predicted octanol–water partition coefficient (Wildman–Crippen LogP) is 6.69. The van der Waals surface area contributed by atoms with E-state index in [-0.39, 0.29) is 0 Å². The van der Waals surface area contributed by atoms with Gasteiger partial charge in [-0.1, -0.05) is 61.8 Å². The molecule has 0 aliphatic rings. The molecule has 0 unspecified atom stereocenters. The third kappa shape index (κ3) is 4.05. The van der Waals surface area contributed by atoms with E-state index in [4.69, 9.17) is 4.42 Å². The molecule has 0 amide bonds. The average Bonchev–Trinajstić information content (AvgIpc) is 3.25. The van der Waals surface area contributed by atoms with Crippen molar-refractivity contribution < 1.29 is 4.42 Å². The van der Waals surface area contributed by atoms with Gasteiger partial charge in [0.05, 0.1) is 0 Å². The highest BCUT2D eigenvalue weighted by Gasteiger charge is 2.17. The van der Waals surface area contributed by atoms with Crippen molar-refractivity contribution in [3.63, 3.8) is 0 Å². The smallest absolute Gasteiger partial charge is 0.200 e. The zero-order valence-electron chi connectivity index (χ0n) is 14.2. The van der Waals surface area contributed by atoms with Gasteiger partial charge in [0.1, 0.15) is 5.58 Å². The maximum absolute atomic E-state index is 5.99. The molecule has 4 nitrogen and oxygen atoms in total. The average molecular weight is 505 g/mol. The van der Waals surface area contributed by atoms with Crippen molar-refractivity contribution in [2.45, 2.75) is 17.5 Å². The third-order valence-corrected chi connectivity index (χ3v) is 6.07. The zero-order valence-corrected chi connectivity index (χ0v) is 18.2. The van der Waals surface area contributed by atoms with Crippen LogP contribution in [0, 0.1) is 0 Å². The Bertz CT molecular complexity index is 1100. The second-order valence-electron chi connectivity index (χ2n) is 5.91. The maximum atomic E-state index is 5.99. The molecule has 0 N–H and O–H groups in total. The molecule has 2 heterocycles. The summed E-state index contributed by atoms with van der Waals surface area (Å²) in [6, 6.07) is 16.2. The highest BCUT2D eigenvalue weighted by molar-refractivity contribution is 9.10. The molecule has 2 aromatic carbocycles. The van der Waals surface area contributed by atoms with Gasteiger partial charge in [0.25, 0.3) is 0 Å². The van der Waals surface area contributed by atoms with Crippen LogP contribution < -0.4 is 0 Å². The molecule has 0 aliphatic carbocycles. The SMILES string of the molecule is C=CCn1c(SCc2ccc(Br)cc2)nnc1-c1cc2cc(Br)ccc2o1. The summed E-state index contributed by atoms with van der Waals surface area (Å²) in [5.41, 5.74) is 2.05. The van der Waals surface area contributed by atoms with E-state index in [1.165, 1.54) is 5.56 Å². The van der Waals surface area contributed by atoms with E-state index >= 15 is 0 Å². The van der Waals surface area contributed by atoms with Crippen molar-refractivity contribution in [2.75, 3.05) is 0 Å². The van der Waals surface area contributed by atoms with E-state index in [2.05, 4.69) is 60.8 Å².